The summed E-state index contributed by atoms with van der Waals surface area (Å²) >= 11 is 12.4. The molecule has 0 bridgehead atoms. The summed E-state index contributed by atoms with van der Waals surface area (Å²) in [4.78, 5) is 2.43. The Labute approximate surface area is 189 Å². The number of benzene rings is 1. The lowest BCUT2D eigenvalue weighted by molar-refractivity contribution is -0.0258. The van der Waals surface area contributed by atoms with Gasteiger partial charge in [-0.25, -0.2) is 4.68 Å². The van der Waals surface area contributed by atoms with E-state index in [4.69, 9.17) is 27.9 Å². The molecule has 1 aromatic carbocycles. The lowest BCUT2D eigenvalue weighted by atomic mass is 9.85. The maximum atomic E-state index is 6.38. The molecule has 2 aromatic rings. The van der Waals surface area contributed by atoms with Crippen LogP contribution in [-0.2, 0) is 10.3 Å². The lowest BCUT2D eigenvalue weighted by Gasteiger charge is -2.42. The summed E-state index contributed by atoms with van der Waals surface area (Å²) in [5, 5.41) is 14.2. The van der Waals surface area contributed by atoms with Crippen molar-refractivity contribution in [1.82, 2.24) is 25.1 Å². The van der Waals surface area contributed by atoms with Gasteiger partial charge in [0.1, 0.15) is 0 Å². The number of tetrazole rings is 1. The molecule has 1 saturated heterocycles. The fraction of sp³-hybridized carbons (Fsp3) is 0.591. The van der Waals surface area contributed by atoms with Crippen LogP contribution in [0.4, 0.5) is 0 Å². The van der Waals surface area contributed by atoms with Crippen LogP contribution in [0.2, 0.25) is 10.0 Å². The van der Waals surface area contributed by atoms with Crippen LogP contribution >= 0.6 is 23.2 Å². The van der Waals surface area contributed by atoms with Crippen LogP contribution in [-0.4, -0.2) is 51.4 Å². The van der Waals surface area contributed by atoms with Gasteiger partial charge in [-0.05, 0) is 46.9 Å². The average Bonchev–Trinajstić information content (AvgIpc) is 3.18. The monoisotopic (exact) mass is 451 g/mol. The van der Waals surface area contributed by atoms with Crippen molar-refractivity contribution in [3.05, 3.63) is 45.7 Å². The first-order chi connectivity index (χ1) is 14.2. The summed E-state index contributed by atoms with van der Waals surface area (Å²) in [7, 11) is 0. The zero-order chi connectivity index (χ0) is 21.9. The molecular weight excluding hydrogens is 421 g/mol. The summed E-state index contributed by atoms with van der Waals surface area (Å²) in [6.45, 7) is 14.2. The van der Waals surface area contributed by atoms with Crippen molar-refractivity contribution in [3.8, 4) is 0 Å². The average molecular weight is 452 g/mol. The second-order valence-electron chi connectivity index (χ2n) is 9.01. The molecule has 164 valence electrons. The molecule has 6 nitrogen and oxygen atoms in total. The molecule has 1 aliphatic heterocycles. The highest BCUT2D eigenvalue weighted by molar-refractivity contribution is 6.35. The number of hydrogen-bond donors (Lipinski definition) is 0. The van der Waals surface area contributed by atoms with E-state index in [1.807, 2.05) is 22.9 Å². The fourth-order valence-electron chi connectivity index (χ4n) is 3.88. The second-order valence-corrected chi connectivity index (χ2v) is 9.85. The zero-order valence-electron chi connectivity index (χ0n) is 18.4. The predicted molar refractivity (Wildman–Crippen MR) is 122 cm³/mol. The highest BCUT2D eigenvalue weighted by Gasteiger charge is 2.40. The van der Waals surface area contributed by atoms with E-state index >= 15 is 0 Å². The minimum atomic E-state index is -0.275. The summed E-state index contributed by atoms with van der Waals surface area (Å²) in [5.74, 6) is 0.874. The Morgan fingerprint density at radius 3 is 2.47 bits per heavy atom. The first-order valence-electron chi connectivity index (χ1n) is 10.4. The Hall–Kier alpha value is -1.47. The van der Waals surface area contributed by atoms with Gasteiger partial charge in [0.25, 0.3) is 0 Å². The molecule has 2 heterocycles. The molecule has 2 atom stereocenters. The van der Waals surface area contributed by atoms with E-state index in [1.165, 1.54) is 0 Å². The number of morpholine rings is 1. The summed E-state index contributed by atoms with van der Waals surface area (Å²) < 4.78 is 7.53. The van der Waals surface area contributed by atoms with E-state index in [1.54, 1.807) is 6.07 Å². The SMILES string of the molecule is CC[C@@](C)(c1nnnn1[C@H](/C=C/c1ccc(Cl)cc1Cl)C(C)(C)C)N1CCOCC1. The van der Waals surface area contributed by atoms with E-state index in [0.717, 1.165) is 44.1 Å². The maximum absolute atomic E-state index is 6.38. The number of hydrogen-bond acceptors (Lipinski definition) is 5. The van der Waals surface area contributed by atoms with E-state index in [9.17, 15) is 0 Å². The molecule has 1 fully saturated rings. The molecule has 0 spiro atoms. The van der Waals surface area contributed by atoms with E-state index < -0.39 is 0 Å². The van der Waals surface area contributed by atoms with E-state index in [2.05, 4.69) is 61.1 Å². The van der Waals surface area contributed by atoms with Gasteiger partial charge < -0.3 is 4.74 Å². The van der Waals surface area contributed by atoms with Crippen LogP contribution in [0.25, 0.3) is 6.08 Å². The summed E-state index contributed by atoms with van der Waals surface area (Å²) in [5.41, 5.74) is 0.526. The van der Waals surface area contributed by atoms with Gasteiger partial charge in [0, 0.05) is 23.1 Å². The van der Waals surface area contributed by atoms with Gasteiger partial charge in [0.2, 0.25) is 0 Å². The molecule has 0 radical (unpaired) electrons. The second kappa shape index (κ2) is 9.35. The van der Waals surface area contributed by atoms with Crippen molar-refractivity contribution >= 4 is 29.3 Å². The topological polar surface area (TPSA) is 56.1 Å². The molecule has 0 N–H and O–H groups in total. The van der Waals surface area contributed by atoms with Gasteiger partial charge in [-0.2, -0.15) is 0 Å². The van der Waals surface area contributed by atoms with Gasteiger partial charge in [-0.3, -0.25) is 4.90 Å². The number of nitrogens with zero attached hydrogens (tertiary/aromatic N) is 5. The number of ether oxygens (including phenoxy) is 1. The molecule has 3 rings (SSSR count). The number of rotatable bonds is 6. The molecule has 0 amide bonds. The molecule has 1 aromatic heterocycles. The maximum Gasteiger partial charge on any atom is 0.171 e. The third-order valence-corrected chi connectivity index (χ3v) is 6.51. The Balaban J connectivity index is 2.00. The number of allylic oxidation sites excluding steroid dienone is 1. The van der Waals surface area contributed by atoms with Crippen LogP contribution in [0.5, 0.6) is 0 Å². The number of aromatic nitrogens is 4. The third kappa shape index (κ3) is 4.88. The summed E-state index contributed by atoms with van der Waals surface area (Å²) in [6.07, 6.45) is 5.05. The van der Waals surface area contributed by atoms with Gasteiger partial charge in [-0.15, -0.1) is 5.10 Å². The normalized spacial score (nSPS) is 19.2. The molecule has 1 aliphatic rings. The Morgan fingerprint density at radius 2 is 1.87 bits per heavy atom. The molecule has 0 unspecified atom stereocenters. The third-order valence-electron chi connectivity index (χ3n) is 5.94. The lowest BCUT2D eigenvalue weighted by Crippen LogP contribution is -2.51. The van der Waals surface area contributed by atoms with Gasteiger partial charge in [-0.1, -0.05) is 69.1 Å². The van der Waals surface area contributed by atoms with Crippen molar-refractivity contribution in [3.63, 3.8) is 0 Å². The Kier molecular flexibility index (Phi) is 7.23. The van der Waals surface area contributed by atoms with Crippen molar-refractivity contribution in [2.45, 2.75) is 52.6 Å². The summed E-state index contributed by atoms with van der Waals surface area (Å²) in [6, 6.07) is 5.46. The van der Waals surface area contributed by atoms with Crippen molar-refractivity contribution in [2.75, 3.05) is 26.3 Å². The molecule has 0 saturated carbocycles. The largest absolute Gasteiger partial charge is 0.379 e. The van der Waals surface area contributed by atoms with E-state index in [-0.39, 0.29) is 17.0 Å². The van der Waals surface area contributed by atoms with Crippen LogP contribution < -0.4 is 0 Å². The highest BCUT2D eigenvalue weighted by atomic mass is 35.5. The van der Waals surface area contributed by atoms with Crippen LogP contribution in [0.1, 0.15) is 58.5 Å². The zero-order valence-corrected chi connectivity index (χ0v) is 19.9. The van der Waals surface area contributed by atoms with E-state index in [0.29, 0.717) is 10.0 Å². The fourth-order valence-corrected chi connectivity index (χ4v) is 4.36. The Bertz CT molecular complexity index is 886. The first-order valence-corrected chi connectivity index (χ1v) is 11.2. The van der Waals surface area contributed by atoms with Crippen molar-refractivity contribution in [1.29, 1.82) is 0 Å². The van der Waals surface area contributed by atoms with Crippen LogP contribution in [0.15, 0.2) is 24.3 Å². The standard InChI is InChI=1S/C22H31Cl2N5O/c1-6-22(5,28-11-13-30-14-12-28)20-25-26-27-29(20)19(21(2,3)4)10-8-16-7-9-17(23)15-18(16)24/h7-10,15,19H,6,11-14H2,1-5H3/b10-8+/t19-,22+/m1/s1. The molecule has 0 aliphatic carbocycles. The molecule has 30 heavy (non-hydrogen) atoms. The van der Waals surface area contributed by atoms with Crippen molar-refractivity contribution < 1.29 is 4.74 Å². The molecular formula is C22H31Cl2N5O. The molecule has 8 heteroatoms. The Morgan fingerprint density at radius 1 is 1.17 bits per heavy atom. The quantitative estimate of drug-likeness (QED) is 0.600. The van der Waals surface area contributed by atoms with Crippen molar-refractivity contribution in [2.24, 2.45) is 5.41 Å². The first kappa shape index (κ1) is 23.2. The number of halogens is 2. The van der Waals surface area contributed by atoms with Crippen LogP contribution in [0.3, 0.4) is 0 Å². The van der Waals surface area contributed by atoms with Gasteiger partial charge in [0.15, 0.2) is 5.82 Å². The highest BCUT2D eigenvalue weighted by Crippen LogP contribution is 2.38. The minimum Gasteiger partial charge on any atom is -0.379 e. The van der Waals surface area contributed by atoms with Gasteiger partial charge >= 0.3 is 0 Å². The minimum absolute atomic E-state index is 0.0545. The smallest absolute Gasteiger partial charge is 0.171 e. The van der Waals surface area contributed by atoms with Crippen LogP contribution in [0, 0.1) is 5.41 Å². The predicted octanol–water partition coefficient (Wildman–Crippen LogP) is 5.24. The van der Waals surface area contributed by atoms with Gasteiger partial charge in [0.05, 0.1) is 24.8 Å².